The molecule has 5 rings (SSSR count). The largest absolute Gasteiger partial charge is 0.480 e. The SMILES string of the molecule is COc1nc2ccccc2cc1-c1cnc([C@@H]2C[C@@H](NCc3cnccn3)CCN2C(C)=O)[nH]1. The summed E-state index contributed by atoms with van der Waals surface area (Å²) in [5.41, 5.74) is 3.41. The summed E-state index contributed by atoms with van der Waals surface area (Å²) < 4.78 is 5.57. The van der Waals surface area contributed by atoms with Crippen molar-refractivity contribution >= 4 is 16.8 Å². The molecule has 1 amide bonds. The number of ether oxygens (including phenoxy) is 1. The molecule has 174 valence electrons. The van der Waals surface area contributed by atoms with Gasteiger partial charge in [0, 0.05) is 50.0 Å². The molecule has 34 heavy (non-hydrogen) atoms. The molecule has 1 aromatic carbocycles. The lowest BCUT2D eigenvalue weighted by Crippen LogP contribution is -2.46. The molecule has 1 aliphatic heterocycles. The highest BCUT2D eigenvalue weighted by Crippen LogP contribution is 2.34. The minimum atomic E-state index is -0.154. The highest BCUT2D eigenvalue weighted by molar-refractivity contribution is 5.85. The van der Waals surface area contributed by atoms with Crippen molar-refractivity contribution in [1.29, 1.82) is 0 Å². The van der Waals surface area contributed by atoms with Crippen molar-refractivity contribution in [3.05, 3.63) is 66.6 Å². The predicted octanol–water partition coefficient (Wildman–Crippen LogP) is 3.27. The van der Waals surface area contributed by atoms with E-state index in [1.807, 2.05) is 35.2 Å². The van der Waals surface area contributed by atoms with Crippen LogP contribution in [0, 0.1) is 0 Å². The number of rotatable bonds is 6. The average Bonchev–Trinajstić information content (AvgIpc) is 3.37. The number of amides is 1. The maximum absolute atomic E-state index is 12.4. The Morgan fingerprint density at radius 2 is 2.12 bits per heavy atom. The smallest absolute Gasteiger partial charge is 0.223 e. The van der Waals surface area contributed by atoms with Crippen molar-refractivity contribution in [3.8, 4) is 17.1 Å². The van der Waals surface area contributed by atoms with E-state index in [2.05, 4.69) is 30.2 Å². The molecule has 0 radical (unpaired) electrons. The molecule has 0 aliphatic carbocycles. The van der Waals surface area contributed by atoms with Crippen LogP contribution in [0.5, 0.6) is 5.88 Å². The molecule has 9 heteroatoms. The van der Waals surface area contributed by atoms with E-state index >= 15 is 0 Å². The van der Waals surface area contributed by atoms with Crippen molar-refractivity contribution in [2.75, 3.05) is 13.7 Å². The molecule has 2 atom stereocenters. The summed E-state index contributed by atoms with van der Waals surface area (Å²) in [6.07, 6.45) is 8.53. The van der Waals surface area contributed by atoms with E-state index in [0.717, 1.165) is 46.5 Å². The number of hydrogen-bond donors (Lipinski definition) is 2. The molecular formula is C25H27N7O2. The lowest BCUT2D eigenvalue weighted by Gasteiger charge is -2.38. The minimum absolute atomic E-state index is 0.0419. The van der Waals surface area contributed by atoms with Crippen molar-refractivity contribution in [2.24, 2.45) is 0 Å². The van der Waals surface area contributed by atoms with Gasteiger partial charge in [-0.3, -0.25) is 14.8 Å². The van der Waals surface area contributed by atoms with Gasteiger partial charge in [0.2, 0.25) is 11.8 Å². The quantitative estimate of drug-likeness (QED) is 0.457. The normalized spacial score (nSPS) is 18.2. The third-order valence-corrected chi connectivity index (χ3v) is 6.28. The molecule has 0 spiro atoms. The maximum Gasteiger partial charge on any atom is 0.223 e. The summed E-state index contributed by atoms with van der Waals surface area (Å²) in [7, 11) is 1.61. The van der Waals surface area contributed by atoms with E-state index < -0.39 is 0 Å². The number of hydrogen-bond acceptors (Lipinski definition) is 7. The molecule has 0 bridgehead atoms. The molecular weight excluding hydrogens is 430 g/mol. The van der Waals surface area contributed by atoms with Gasteiger partial charge in [-0.05, 0) is 25.0 Å². The molecule has 3 aromatic heterocycles. The lowest BCUT2D eigenvalue weighted by atomic mass is 9.96. The number of nitrogens with one attached hydrogen (secondary N) is 2. The average molecular weight is 458 g/mol. The second kappa shape index (κ2) is 9.56. The Labute approximate surface area is 197 Å². The van der Waals surface area contributed by atoms with Gasteiger partial charge in [0.25, 0.3) is 0 Å². The third kappa shape index (κ3) is 4.47. The van der Waals surface area contributed by atoms with Crippen LogP contribution >= 0.6 is 0 Å². The van der Waals surface area contributed by atoms with Crippen LogP contribution in [0.2, 0.25) is 0 Å². The zero-order chi connectivity index (χ0) is 23.5. The highest BCUT2D eigenvalue weighted by Gasteiger charge is 2.33. The molecule has 1 saturated heterocycles. The van der Waals surface area contributed by atoms with E-state index in [0.29, 0.717) is 19.0 Å². The number of aromatic amines is 1. The fraction of sp³-hybridized carbons (Fsp3) is 0.320. The fourth-order valence-electron chi connectivity index (χ4n) is 4.55. The van der Waals surface area contributed by atoms with Crippen molar-refractivity contribution < 1.29 is 9.53 Å². The first-order valence-corrected chi connectivity index (χ1v) is 11.4. The Balaban J connectivity index is 1.40. The summed E-state index contributed by atoms with van der Waals surface area (Å²) >= 11 is 0. The number of piperidine rings is 1. The maximum atomic E-state index is 12.4. The number of nitrogens with zero attached hydrogens (tertiary/aromatic N) is 5. The Morgan fingerprint density at radius 1 is 1.24 bits per heavy atom. The van der Waals surface area contributed by atoms with Crippen molar-refractivity contribution in [1.82, 2.24) is 35.1 Å². The van der Waals surface area contributed by atoms with Gasteiger partial charge in [-0.1, -0.05) is 18.2 Å². The van der Waals surface area contributed by atoms with E-state index in [9.17, 15) is 4.79 Å². The van der Waals surface area contributed by atoms with Crippen molar-refractivity contribution in [2.45, 2.75) is 38.4 Å². The minimum Gasteiger partial charge on any atom is -0.480 e. The summed E-state index contributed by atoms with van der Waals surface area (Å²) in [6, 6.07) is 10.0. The monoisotopic (exact) mass is 457 g/mol. The van der Waals surface area contributed by atoms with Crippen LogP contribution in [-0.4, -0.2) is 55.4 Å². The van der Waals surface area contributed by atoms with Gasteiger partial charge in [0.1, 0.15) is 5.82 Å². The zero-order valence-electron chi connectivity index (χ0n) is 19.2. The van der Waals surface area contributed by atoms with Gasteiger partial charge in [-0.15, -0.1) is 0 Å². The second-order valence-corrected chi connectivity index (χ2v) is 8.45. The molecule has 0 unspecified atom stereocenters. The van der Waals surface area contributed by atoms with Gasteiger partial charge in [-0.25, -0.2) is 9.97 Å². The molecule has 4 heterocycles. The van der Waals surface area contributed by atoms with Gasteiger partial charge in [-0.2, -0.15) is 0 Å². The number of benzene rings is 1. The van der Waals surface area contributed by atoms with Crippen LogP contribution < -0.4 is 10.1 Å². The lowest BCUT2D eigenvalue weighted by molar-refractivity contribution is -0.133. The first-order valence-electron chi connectivity index (χ1n) is 11.4. The molecule has 9 nitrogen and oxygen atoms in total. The predicted molar refractivity (Wildman–Crippen MR) is 128 cm³/mol. The number of fused-ring (bicyclic) bond motifs is 1. The second-order valence-electron chi connectivity index (χ2n) is 8.45. The summed E-state index contributed by atoms with van der Waals surface area (Å²) in [5, 5.41) is 4.58. The van der Waals surface area contributed by atoms with Crippen LogP contribution in [0.15, 0.2) is 55.1 Å². The number of pyridine rings is 1. The van der Waals surface area contributed by atoms with Crippen molar-refractivity contribution in [3.63, 3.8) is 0 Å². The van der Waals surface area contributed by atoms with Gasteiger partial charge in [0.15, 0.2) is 0 Å². The van der Waals surface area contributed by atoms with Gasteiger partial charge < -0.3 is 19.9 Å². The number of para-hydroxylation sites is 1. The molecule has 0 saturated carbocycles. The van der Waals surface area contributed by atoms with Gasteiger partial charge >= 0.3 is 0 Å². The number of H-pyrrole nitrogens is 1. The van der Waals surface area contributed by atoms with Gasteiger partial charge in [0.05, 0.1) is 41.8 Å². The molecule has 1 aliphatic rings. The Hall–Kier alpha value is -3.85. The number of likely N-dealkylation sites (tertiary alicyclic amines) is 1. The Kier molecular flexibility index (Phi) is 6.18. The zero-order valence-corrected chi connectivity index (χ0v) is 19.2. The van der Waals surface area contributed by atoms with Crippen LogP contribution in [0.4, 0.5) is 0 Å². The number of methoxy groups -OCH3 is 1. The van der Waals surface area contributed by atoms with Crippen LogP contribution in [0.25, 0.3) is 22.2 Å². The Bertz CT molecular complexity index is 1290. The highest BCUT2D eigenvalue weighted by atomic mass is 16.5. The Morgan fingerprint density at radius 3 is 2.91 bits per heavy atom. The number of aromatic nitrogens is 5. The summed E-state index contributed by atoms with van der Waals surface area (Å²) in [4.78, 5) is 35.5. The molecule has 1 fully saturated rings. The number of carbonyl (C=O) groups excluding carboxylic acids is 1. The van der Waals surface area contributed by atoms with E-state index in [1.54, 1.807) is 38.8 Å². The third-order valence-electron chi connectivity index (χ3n) is 6.28. The van der Waals surface area contributed by atoms with E-state index in [-0.39, 0.29) is 18.0 Å². The first-order chi connectivity index (χ1) is 16.6. The number of carbonyl (C=O) groups is 1. The molecule has 4 aromatic rings. The van der Waals surface area contributed by atoms with Crippen LogP contribution in [-0.2, 0) is 11.3 Å². The summed E-state index contributed by atoms with van der Waals surface area (Å²) in [5.74, 6) is 1.33. The standard InChI is InChI=1S/C25H27N7O2/c1-16(33)32-10-7-18(28-14-19-13-26-8-9-27-19)12-23(32)24-29-15-22(30-24)20-11-17-5-3-4-6-21(17)31-25(20)34-2/h3-6,8-9,11,13,15,18,23,28H,7,10,12,14H2,1-2H3,(H,29,30)/t18-,23-/m0/s1. The van der Waals surface area contributed by atoms with E-state index in [4.69, 9.17) is 4.74 Å². The van der Waals surface area contributed by atoms with Crippen LogP contribution in [0.3, 0.4) is 0 Å². The fourth-order valence-corrected chi connectivity index (χ4v) is 4.55. The topological polar surface area (TPSA) is 109 Å². The van der Waals surface area contributed by atoms with E-state index in [1.165, 1.54) is 0 Å². The first kappa shape index (κ1) is 22.0. The summed E-state index contributed by atoms with van der Waals surface area (Å²) in [6.45, 7) is 2.91. The van der Waals surface area contributed by atoms with Crippen LogP contribution in [0.1, 0.15) is 37.3 Å². The number of imidazole rings is 1. The molecule has 2 N–H and O–H groups in total.